The summed E-state index contributed by atoms with van der Waals surface area (Å²) in [7, 11) is 1.66. The molecule has 2 heterocycles. The Morgan fingerprint density at radius 2 is 1.76 bits per heavy atom. The monoisotopic (exact) mass is 521 g/mol. The number of aryl methyl sites for hydroxylation is 2. The van der Waals surface area contributed by atoms with Gasteiger partial charge in [0.2, 0.25) is 5.95 Å². The Balaban J connectivity index is 0.00000186. The maximum absolute atomic E-state index is 9.59. The normalized spacial score (nSPS) is 11.5. The molecule has 0 bridgehead atoms. The van der Waals surface area contributed by atoms with Crippen molar-refractivity contribution >= 4 is 33.3 Å². The summed E-state index contributed by atoms with van der Waals surface area (Å²) < 4.78 is 6.57. The van der Waals surface area contributed by atoms with Gasteiger partial charge in [0.05, 0.1) is 23.1 Å². The van der Waals surface area contributed by atoms with E-state index in [1.807, 2.05) is 39.0 Å². The van der Waals surface area contributed by atoms with Gasteiger partial charge in [0, 0.05) is 19.7 Å². The number of nitrogens with zero attached hydrogens (tertiary/aromatic N) is 3. The Labute approximate surface area is 224 Å². The third-order valence-electron chi connectivity index (χ3n) is 6.16. The molecular formula is C29H39N5O2S. The molecule has 3 N–H and O–H groups in total. The van der Waals surface area contributed by atoms with E-state index in [0.717, 1.165) is 50.9 Å². The highest BCUT2D eigenvalue weighted by molar-refractivity contribution is 7.21. The van der Waals surface area contributed by atoms with E-state index in [0.29, 0.717) is 19.0 Å². The predicted molar refractivity (Wildman–Crippen MR) is 156 cm³/mol. The second-order valence-electron chi connectivity index (χ2n) is 8.69. The summed E-state index contributed by atoms with van der Waals surface area (Å²) in [5.41, 5.74) is 4.99. The number of hydrogen-bond donors (Lipinski definition) is 3. The highest BCUT2D eigenvalue weighted by Gasteiger charge is 2.19. The van der Waals surface area contributed by atoms with Crippen molar-refractivity contribution < 1.29 is 9.84 Å². The minimum atomic E-state index is 0.189. The predicted octanol–water partition coefficient (Wildman–Crippen LogP) is 6.84. The van der Waals surface area contributed by atoms with Crippen LogP contribution in [0.1, 0.15) is 50.4 Å². The maximum atomic E-state index is 9.59. The lowest BCUT2D eigenvalue weighted by atomic mass is 10.0. The van der Waals surface area contributed by atoms with Gasteiger partial charge in [-0.15, -0.1) is 11.3 Å². The van der Waals surface area contributed by atoms with Crippen molar-refractivity contribution in [2.24, 2.45) is 5.92 Å². The molecule has 0 radical (unpaired) electrons. The lowest BCUT2D eigenvalue weighted by molar-refractivity contribution is 0.217. The third-order valence-corrected chi connectivity index (χ3v) is 7.20. The number of ether oxygens (including phenoxy) is 1. The van der Waals surface area contributed by atoms with E-state index in [4.69, 9.17) is 19.7 Å². The average Bonchev–Trinajstić information content (AvgIpc) is 3.35. The van der Waals surface area contributed by atoms with E-state index in [-0.39, 0.29) is 12.5 Å². The van der Waals surface area contributed by atoms with Crippen LogP contribution in [0.5, 0.6) is 5.75 Å². The van der Waals surface area contributed by atoms with Gasteiger partial charge in [0.1, 0.15) is 22.1 Å². The van der Waals surface area contributed by atoms with Crippen LogP contribution in [0.2, 0.25) is 0 Å². The molecule has 2 aromatic heterocycles. The number of fused-ring (bicyclic) bond motifs is 1. The van der Waals surface area contributed by atoms with Crippen LogP contribution in [0.25, 0.3) is 20.8 Å². The van der Waals surface area contributed by atoms with Crippen molar-refractivity contribution in [2.75, 3.05) is 30.9 Å². The van der Waals surface area contributed by atoms with Gasteiger partial charge in [-0.3, -0.25) is 0 Å². The quantitative estimate of drug-likeness (QED) is 0.199. The molecule has 0 aliphatic carbocycles. The fourth-order valence-electron chi connectivity index (χ4n) is 3.94. The molecule has 37 heavy (non-hydrogen) atoms. The zero-order chi connectivity index (χ0) is 26.8. The number of aliphatic hydroxyl groups excluding tert-OH is 1. The summed E-state index contributed by atoms with van der Waals surface area (Å²) in [6.07, 6.45) is 1.80. The zero-order valence-electron chi connectivity index (χ0n) is 22.8. The summed E-state index contributed by atoms with van der Waals surface area (Å²) in [6.45, 7) is 11.7. The Bertz CT molecular complexity index is 1270. The Morgan fingerprint density at radius 3 is 2.43 bits per heavy atom. The van der Waals surface area contributed by atoms with E-state index in [1.165, 1.54) is 11.1 Å². The van der Waals surface area contributed by atoms with E-state index < -0.39 is 0 Å². The molecule has 7 nitrogen and oxygen atoms in total. The molecule has 4 rings (SSSR count). The smallest absolute Gasteiger partial charge is 0.225 e. The van der Waals surface area contributed by atoms with Gasteiger partial charge >= 0.3 is 0 Å². The number of nitrogens with one attached hydrogen (secondary N) is 2. The van der Waals surface area contributed by atoms with Crippen molar-refractivity contribution in [1.29, 1.82) is 0 Å². The minimum absolute atomic E-state index is 0.189. The molecule has 0 amide bonds. The van der Waals surface area contributed by atoms with Crippen LogP contribution in [0.3, 0.4) is 0 Å². The van der Waals surface area contributed by atoms with Crippen molar-refractivity contribution in [1.82, 2.24) is 15.0 Å². The molecule has 8 heteroatoms. The Hall–Kier alpha value is -3.23. The fraction of sp³-hybridized carbons (Fsp3) is 0.414. The highest BCUT2D eigenvalue weighted by Crippen LogP contribution is 2.38. The molecular weight excluding hydrogens is 482 g/mol. The van der Waals surface area contributed by atoms with Crippen molar-refractivity contribution in [3.05, 3.63) is 59.3 Å². The van der Waals surface area contributed by atoms with E-state index in [2.05, 4.69) is 48.7 Å². The van der Waals surface area contributed by atoms with E-state index in [9.17, 15) is 5.11 Å². The first-order chi connectivity index (χ1) is 18.0. The minimum Gasteiger partial charge on any atom is -0.494 e. The molecule has 0 spiro atoms. The SMILES string of the molecule is CC.CCC(CO)CCNc1nc(NCc2ccc(C)cc2)nc(C)c1-c1nc2c(OC)cccc2s1. The molecule has 1 unspecified atom stereocenters. The molecule has 4 aromatic rings. The van der Waals surface area contributed by atoms with Gasteiger partial charge in [0.15, 0.2) is 0 Å². The standard InChI is InChI=1S/C27H33N5O2S.C2H6/c1-5-19(16-33)13-14-28-25-23(26-31-24-21(34-4)7-6-8-22(24)35-26)18(3)30-27(32-25)29-15-20-11-9-17(2)10-12-20;1-2/h6-12,19,33H,5,13-16H2,1-4H3,(H2,28,29,30,32);1-2H3. The van der Waals surface area contributed by atoms with Crippen LogP contribution in [-0.4, -0.2) is 40.3 Å². The molecule has 0 saturated heterocycles. The lowest BCUT2D eigenvalue weighted by Gasteiger charge is -2.16. The second-order valence-corrected chi connectivity index (χ2v) is 9.72. The van der Waals surface area contributed by atoms with Crippen molar-refractivity contribution in [3.8, 4) is 16.3 Å². The molecule has 198 valence electrons. The number of anilines is 2. The van der Waals surface area contributed by atoms with Crippen LogP contribution >= 0.6 is 11.3 Å². The van der Waals surface area contributed by atoms with E-state index in [1.54, 1.807) is 18.4 Å². The summed E-state index contributed by atoms with van der Waals surface area (Å²) in [4.78, 5) is 14.5. The van der Waals surface area contributed by atoms with Gasteiger partial charge in [0.25, 0.3) is 0 Å². The van der Waals surface area contributed by atoms with Crippen molar-refractivity contribution in [2.45, 2.75) is 54.0 Å². The summed E-state index contributed by atoms with van der Waals surface area (Å²) in [6, 6.07) is 14.4. The number of benzene rings is 2. The number of rotatable bonds is 11. The number of para-hydroxylation sites is 1. The average molecular weight is 522 g/mol. The van der Waals surface area contributed by atoms with Gasteiger partial charge in [-0.1, -0.05) is 63.1 Å². The Morgan fingerprint density at radius 1 is 1.00 bits per heavy atom. The summed E-state index contributed by atoms with van der Waals surface area (Å²) in [5.74, 6) is 2.33. The van der Waals surface area contributed by atoms with Crippen LogP contribution in [0.4, 0.5) is 11.8 Å². The van der Waals surface area contributed by atoms with Gasteiger partial charge < -0.3 is 20.5 Å². The van der Waals surface area contributed by atoms with Crippen LogP contribution in [0, 0.1) is 19.8 Å². The lowest BCUT2D eigenvalue weighted by Crippen LogP contribution is -2.14. The summed E-state index contributed by atoms with van der Waals surface area (Å²) in [5, 5.41) is 17.3. The number of thiazole rings is 1. The van der Waals surface area contributed by atoms with Gasteiger partial charge in [-0.2, -0.15) is 4.98 Å². The fourth-order valence-corrected chi connectivity index (χ4v) is 5.02. The first-order valence-corrected chi connectivity index (χ1v) is 13.8. The van der Waals surface area contributed by atoms with Crippen molar-refractivity contribution in [3.63, 3.8) is 0 Å². The maximum Gasteiger partial charge on any atom is 0.225 e. The highest BCUT2D eigenvalue weighted by atomic mass is 32.1. The topological polar surface area (TPSA) is 92.2 Å². The molecule has 2 aromatic carbocycles. The molecule has 0 aliphatic heterocycles. The van der Waals surface area contributed by atoms with Gasteiger partial charge in [-0.05, 0) is 43.9 Å². The molecule has 0 saturated carbocycles. The molecule has 0 aliphatic rings. The zero-order valence-corrected chi connectivity index (χ0v) is 23.6. The summed E-state index contributed by atoms with van der Waals surface area (Å²) >= 11 is 1.60. The van der Waals surface area contributed by atoms with Crippen LogP contribution in [-0.2, 0) is 6.54 Å². The number of methoxy groups -OCH3 is 1. The van der Waals surface area contributed by atoms with Gasteiger partial charge in [-0.25, -0.2) is 9.97 Å². The molecule has 1 atom stereocenters. The number of hydrogen-bond acceptors (Lipinski definition) is 8. The Kier molecular flexibility index (Phi) is 10.7. The first-order valence-electron chi connectivity index (χ1n) is 13.0. The van der Waals surface area contributed by atoms with Crippen LogP contribution in [0.15, 0.2) is 42.5 Å². The largest absolute Gasteiger partial charge is 0.494 e. The van der Waals surface area contributed by atoms with Crippen LogP contribution < -0.4 is 15.4 Å². The number of aliphatic hydroxyl groups is 1. The van der Waals surface area contributed by atoms with E-state index >= 15 is 0 Å². The molecule has 0 fully saturated rings. The number of aromatic nitrogens is 3. The third kappa shape index (κ3) is 7.17. The first kappa shape index (κ1) is 28.3. The second kappa shape index (κ2) is 13.9.